The van der Waals surface area contributed by atoms with E-state index in [0.717, 1.165) is 18.6 Å². The summed E-state index contributed by atoms with van der Waals surface area (Å²) in [6.45, 7) is 2.05. The Hall–Kier alpha value is -1.88. The van der Waals surface area contributed by atoms with Gasteiger partial charge in [0.05, 0.1) is 19.7 Å². The Bertz CT molecular complexity index is 509. The van der Waals surface area contributed by atoms with Gasteiger partial charge in [-0.3, -0.25) is 14.5 Å². The highest BCUT2D eigenvalue weighted by Crippen LogP contribution is 2.18. The lowest BCUT2D eigenvalue weighted by Crippen LogP contribution is -2.43. The number of methoxy groups -OCH3 is 1. The lowest BCUT2D eigenvalue weighted by Gasteiger charge is -2.23. The van der Waals surface area contributed by atoms with Gasteiger partial charge in [-0.05, 0) is 51.1 Å². The van der Waals surface area contributed by atoms with Crippen LogP contribution in [0.1, 0.15) is 30.1 Å². The van der Waals surface area contributed by atoms with Crippen molar-refractivity contribution in [1.29, 1.82) is 0 Å². The van der Waals surface area contributed by atoms with Gasteiger partial charge in [0.25, 0.3) is 0 Å². The second kappa shape index (κ2) is 6.72. The number of amides is 1. The van der Waals surface area contributed by atoms with Gasteiger partial charge in [-0.15, -0.1) is 0 Å². The molecule has 1 N–H and O–H groups in total. The van der Waals surface area contributed by atoms with E-state index in [2.05, 4.69) is 5.32 Å². The number of carbonyl (C=O) groups is 2. The zero-order valence-corrected chi connectivity index (χ0v) is 12.8. The highest BCUT2D eigenvalue weighted by molar-refractivity contribution is 6.00. The van der Waals surface area contributed by atoms with Crippen LogP contribution in [0.25, 0.3) is 0 Å². The van der Waals surface area contributed by atoms with Gasteiger partial charge in [0.1, 0.15) is 5.75 Å². The van der Waals surface area contributed by atoms with Crippen molar-refractivity contribution in [2.45, 2.75) is 31.8 Å². The van der Waals surface area contributed by atoms with Gasteiger partial charge in [-0.1, -0.05) is 0 Å². The average molecular weight is 290 g/mol. The zero-order valence-electron chi connectivity index (χ0n) is 12.8. The van der Waals surface area contributed by atoms with E-state index < -0.39 is 0 Å². The molecule has 0 aliphatic heterocycles. The molecule has 21 heavy (non-hydrogen) atoms. The first-order valence-corrected chi connectivity index (χ1v) is 7.19. The van der Waals surface area contributed by atoms with Crippen LogP contribution in [-0.4, -0.2) is 49.4 Å². The number of ether oxygens (including phenoxy) is 1. The van der Waals surface area contributed by atoms with Crippen molar-refractivity contribution in [2.75, 3.05) is 20.7 Å². The summed E-state index contributed by atoms with van der Waals surface area (Å²) in [5.74, 6) is 0.699. The van der Waals surface area contributed by atoms with Crippen LogP contribution in [0.3, 0.4) is 0 Å². The van der Waals surface area contributed by atoms with Crippen molar-refractivity contribution in [3.63, 3.8) is 0 Å². The molecule has 0 bridgehead atoms. The molecule has 0 heterocycles. The maximum Gasteiger partial charge on any atom is 0.234 e. The highest BCUT2D eigenvalue weighted by atomic mass is 16.5. The third kappa shape index (κ3) is 4.29. The fourth-order valence-corrected chi connectivity index (χ4v) is 2.06. The molecule has 1 saturated carbocycles. The van der Waals surface area contributed by atoms with Crippen molar-refractivity contribution in [1.82, 2.24) is 10.2 Å². The van der Waals surface area contributed by atoms with Crippen LogP contribution in [0.4, 0.5) is 0 Å². The molecule has 1 aliphatic rings. The summed E-state index contributed by atoms with van der Waals surface area (Å²) >= 11 is 0. The van der Waals surface area contributed by atoms with Crippen LogP contribution < -0.4 is 10.1 Å². The number of hydrogen-bond acceptors (Lipinski definition) is 4. The standard InChI is InChI=1S/C16H22N2O3/c1-11(18(2)10-15(19)17-13-6-7-13)16(20)12-4-8-14(21-3)9-5-12/h4-5,8-9,11,13H,6-7,10H2,1-3H3,(H,17,19). The van der Waals surface area contributed by atoms with Crippen LogP contribution in [0.2, 0.25) is 0 Å². The highest BCUT2D eigenvalue weighted by Gasteiger charge is 2.26. The fourth-order valence-electron chi connectivity index (χ4n) is 2.06. The van der Waals surface area contributed by atoms with E-state index in [1.54, 1.807) is 43.3 Å². The molecule has 1 unspecified atom stereocenters. The summed E-state index contributed by atoms with van der Waals surface area (Å²) in [7, 11) is 3.38. The van der Waals surface area contributed by atoms with E-state index in [1.165, 1.54) is 0 Å². The van der Waals surface area contributed by atoms with Gasteiger partial charge in [0, 0.05) is 11.6 Å². The van der Waals surface area contributed by atoms with E-state index in [4.69, 9.17) is 4.74 Å². The van der Waals surface area contributed by atoms with E-state index in [9.17, 15) is 9.59 Å². The molecule has 1 atom stereocenters. The molecule has 1 aliphatic carbocycles. The van der Waals surface area contributed by atoms with E-state index >= 15 is 0 Å². The maximum absolute atomic E-state index is 12.4. The second-order valence-corrected chi connectivity index (χ2v) is 5.53. The minimum atomic E-state index is -0.344. The molecule has 0 aromatic heterocycles. The first kappa shape index (κ1) is 15.5. The Morgan fingerprint density at radius 1 is 1.33 bits per heavy atom. The summed E-state index contributed by atoms with van der Waals surface area (Å²) in [6.07, 6.45) is 2.13. The maximum atomic E-state index is 12.4. The first-order chi connectivity index (χ1) is 10.0. The number of nitrogens with one attached hydrogen (secondary N) is 1. The number of ketones is 1. The number of benzene rings is 1. The van der Waals surface area contributed by atoms with Gasteiger partial charge < -0.3 is 10.1 Å². The molecule has 5 heteroatoms. The SMILES string of the molecule is COc1ccc(C(=O)C(C)N(C)CC(=O)NC2CC2)cc1. The van der Waals surface area contributed by atoms with E-state index in [-0.39, 0.29) is 24.3 Å². The molecule has 1 aromatic carbocycles. The Morgan fingerprint density at radius 2 is 1.95 bits per heavy atom. The third-order valence-corrected chi connectivity index (χ3v) is 3.75. The molecule has 5 nitrogen and oxygen atoms in total. The molecule has 0 saturated heterocycles. The molecule has 1 fully saturated rings. The largest absolute Gasteiger partial charge is 0.497 e. The van der Waals surface area contributed by atoms with Gasteiger partial charge >= 0.3 is 0 Å². The molecule has 1 amide bonds. The summed E-state index contributed by atoms with van der Waals surface area (Å²) < 4.78 is 5.08. The lowest BCUT2D eigenvalue weighted by molar-refractivity contribution is -0.122. The van der Waals surface area contributed by atoms with Crippen LogP contribution in [-0.2, 0) is 4.79 Å². The molecular weight excluding hydrogens is 268 g/mol. The van der Waals surface area contributed by atoms with Crippen molar-refractivity contribution in [2.24, 2.45) is 0 Å². The van der Waals surface area contributed by atoms with Gasteiger partial charge in [0.15, 0.2) is 5.78 Å². The molecule has 1 aromatic rings. The fraction of sp³-hybridized carbons (Fsp3) is 0.500. The smallest absolute Gasteiger partial charge is 0.234 e. The number of carbonyl (C=O) groups excluding carboxylic acids is 2. The summed E-state index contributed by atoms with van der Waals surface area (Å²) in [5, 5.41) is 2.92. The molecule has 114 valence electrons. The molecule has 0 spiro atoms. The van der Waals surface area contributed by atoms with Gasteiger partial charge in [-0.25, -0.2) is 0 Å². The minimum absolute atomic E-state index is 0.000579. The lowest BCUT2D eigenvalue weighted by atomic mass is 10.0. The van der Waals surface area contributed by atoms with Crippen molar-refractivity contribution in [3.8, 4) is 5.75 Å². The first-order valence-electron chi connectivity index (χ1n) is 7.19. The topological polar surface area (TPSA) is 58.6 Å². The summed E-state index contributed by atoms with van der Waals surface area (Å²) in [6, 6.07) is 7.02. The van der Waals surface area contributed by atoms with Crippen LogP contribution in [0.15, 0.2) is 24.3 Å². The second-order valence-electron chi connectivity index (χ2n) is 5.53. The van der Waals surface area contributed by atoms with Crippen LogP contribution >= 0.6 is 0 Å². The number of nitrogens with zero attached hydrogens (tertiary/aromatic N) is 1. The number of rotatable bonds is 7. The summed E-state index contributed by atoms with van der Waals surface area (Å²) in [5.41, 5.74) is 0.623. The normalized spacial score (nSPS) is 15.6. The Balaban J connectivity index is 1.91. The van der Waals surface area contributed by atoms with Crippen molar-refractivity contribution < 1.29 is 14.3 Å². The molecule has 0 radical (unpaired) electrons. The minimum Gasteiger partial charge on any atom is -0.497 e. The Kier molecular flexibility index (Phi) is 4.96. The van der Waals surface area contributed by atoms with Gasteiger partial charge in [-0.2, -0.15) is 0 Å². The van der Waals surface area contributed by atoms with Crippen molar-refractivity contribution >= 4 is 11.7 Å². The average Bonchev–Trinajstić information content (AvgIpc) is 3.29. The predicted octanol–water partition coefficient (Wildman–Crippen LogP) is 1.48. The van der Waals surface area contributed by atoms with Crippen molar-refractivity contribution in [3.05, 3.63) is 29.8 Å². The van der Waals surface area contributed by atoms with Gasteiger partial charge in [0.2, 0.25) is 5.91 Å². The number of likely N-dealkylation sites (N-methyl/N-ethyl adjacent to an activating group) is 1. The number of hydrogen-bond donors (Lipinski definition) is 1. The monoisotopic (exact) mass is 290 g/mol. The molecule has 2 rings (SSSR count). The molecular formula is C16H22N2O3. The Morgan fingerprint density at radius 3 is 2.48 bits per heavy atom. The van der Waals surface area contributed by atoms with Crippen LogP contribution in [0.5, 0.6) is 5.75 Å². The Labute approximate surface area is 125 Å². The predicted molar refractivity (Wildman–Crippen MR) is 80.6 cm³/mol. The summed E-state index contributed by atoms with van der Waals surface area (Å²) in [4.78, 5) is 25.9. The van der Waals surface area contributed by atoms with E-state index in [0.29, 0.717) is 11.6 Å². The quantitative estimate of drug-likeness (QED) is 0.773. The van der Waals surface area contributed by atoms with E-state index in [1.807, 2.05) is 6.92 Å². The van der Waals surface area contributed by atoms with Crippen LogP contribution in [0, 0.1) is 0 Å². The number of Topliss-reactive ketones (excluding diaryl/α,β-unsaturated/α-hetero) is 1. The third-order valence-electron chi connectivity index (χ3n) is 3.75. The zero-order chi connectivity index (χ0) is 15.4.